The van der Waals surface area contributed by atoms with Crippen LogP contribution in [0.5, 0.6) is 0 Å². The molecule has 0 saturated heterocycles. The third-order valence-corrected chi connectivity index (χ3v) is 7.74. The van der Waals surface area contributed by atoms with Crippen molar-refractivity contribution in [2.75, 3.05) is 0 Å². The minimum Gasteiger partial charge on any atom is -0.246 e. The summed E-state index contributed by atoms with van der Waals surface area (Å²) in [6, 6.07) is 57.3. The molecule has 0 aliphatic heterocycles. The van der Waals surface area contributed by atoms with E-state index in [9.17, 15) is 0 Å². The lowest BCUT2D eigenvalue weighted by molar-refractivity contribution is 1.25. The lowest BCUT2D eigenvalue weighted by Crippen LogP contribution is -1.96. The van der Waals surface area contributed by atoms with Crippen LogP contribution in [0.4, 0.5) is 0 Å². The van der Waals surface area contributed by atoms with E-state index in [0.717, 1.165) is 56.2 Å². The molecular formula is C41H30N2. The van der Waals surface area contributed by atoms with Gasteiger partial charge in [-0.1, -0.05) is 139 Å². The number of aromatic nitrogens is 2. The Morgan fingerprint density at radius 2 is 0.674 bits per heavy atom. The molecule has 204 valence electrons. The van der Waals surface area contributed by atoms with Gasteiger partial charge < -0.3 is 0 Å². The molecule has 0 unspecified atom stereocenters. The molecule has 43 heavy (non-hydrogen) atoms. The SMILES string of the molecule is Cc1ccc(-c2cccc(-c3cc(-c4ccccc4)cc(-c4cc(-c5ccccc5)cc(-c5ccccc5)n4)n3)c2)cc1. The van der Waals surface area contributed by atoms with Crippen LogP contribution in [-0.4, -0.2) is 9.97 Å². The van der Waals surface area contributed by atoms with Crippen LogP contribution >= 0.6 is 0 Å². The Hall–Kier alpha value is -5.60. The van der Waals surface area contributed by atoms with Gasteiger partial charge in [0.15, 0.2) is 0 Å². The highest BCUT2D eigenvalue weighted by Gasteiger charge is 2.14. The molecule has 2 nitrogen and oxygen atoms in total. The molecule has 0 aliphatic rings. The lowest BCUT2D eigenvalue weighted by atomic mass is 9.97. The van der Waals surface area contributed by atoms with Crippen LogP contribution in [0.25, 0.3) is 67.3 Å². The summed E-state index contributed by atoms with van der Waals surface area (Å²) < 4.78 is 0. The van der Waals surface area contributed by atoms with Gasteiger partial charge >= 0.3 is 0 Å². The predicted octanol–water partition coefficient (Wildman–Crippen LogP) is 10.8. The maximum Gasteiger partial charge on any atom is 0.0900 e. The monoisotopic (exact) mass is 550 g/mol. The van der Waals surface area contributed by atoms with Crippen LogP contribution in [0, 0.1) is 6.92 Å². The molecule has 0 bridgehead atoms. The van der Waals surface area contributed by atoms with E-state index < -0.39 is 0 Å². The minimum absolute atomic E-state index is 0.840. The molecule has 7 aromatic rings. The average Bonchev–Trinajstić information content (AvgIpc) is 3.09. The number of pyridine rings is 2. The Labute approximate surface area is 253 Å². The normalized spacial score (nSPS) is 10.9. The zero-order chi connectivity index (χ0) is 29.0. The van der Waals surface area contributed by atoms with Crippen molar-refractivity contribution in [3.63, 3.8) is 0 Å². The molecule has 0 amide bonds. The molecule has 0 N–H and O–H groups in total. The fourth-order valence-electron chi connectivity index (χ4n) is 5.43. The number of hydrogen-bond acceptors (Lipinski definition) is 2. The van der Waals surface area contributed by atoms with Crippen LogP contribution < -0.4 is 0 Å². The van der Waals surface area contributed by atoms with E-state index in [-0.39, 0.29) is 0 Å². The predicted molar refractivity (Wildman–Crippen MR) is 179 cm³/mol. The fourth-order valence-corrected chi connectivity index (χ4v) is 5.43. The van der Waals surface area contributed by atoms with E-state index in [1.165, 1.54) is 16.7 Å². The average molecular weight is 551 g/mol. The highest BCUT2D eigenvalue weighted by atomic mass is 14.8. The number of hydrogen-bond donors (Lipinski definition) is 0. The molecule has 5 aromatic carbocycles. The largest absolute Gasteiger partial charge is 0.246 e. The van der Waals surface area contributed by atoms with Crippen molar-refractivity contribution in [1.82, 2.24) is 9.97 Å². The third kappa shape index (κ3) is 5.77. The molecule has 7 rings (SSSR count). The molecule has 0 fully saturated rings. The number of benzene rings is 5. The van der Waals surface area contributed by atoms with Crippen molar-refractivity contribution < 1.29 is 0 Å². The lowest BCUT2D eigenvalue weighted by Gasteiger charge is -2.13. The van der Waals surface area contributed by atoms with E-state index in [2.05, 4.69) is 159 Å². The zero-order valence-corrected chi connectivity index (χ0v) is 24.0. The van der Waals surface area contributed by atoms with Gasteiger partial charge in [0.1, 0.15) is 0 Å². The fraction of sp³-hybridized carbons (Fsp3) is 0.0244. The molecular weight excluding hydrogens is 520 g/mol. The molecule has 0 aliphatic carbocycles. The van der Waals surface area contributed by atoms with E-state index in [1.54, 1.807) is 0 Å². The number of nitrogens with zero attached hydrogens (tertiary/aromatic N) is 2. The van der Waals surface area contributed by atoms with Crippen molar-refractivity contribution in [3.8, 4) is 67.3 Å². The van der Waals surface area contributed by atoms with Crippen molar-refractivity contribution in [3.05, 3.63) is 169 Å². The van der Waals surface area contributed by atoms with Gasteiger partial charge in [0.25, 0.3) is 0 Å². The topological polar surface area (TPSA) is 25.8 Å². The molecule has 2 heterocycles. The highest BCUT2D eigenvalue weighted by molar-refractivity contribution is 5.81. The van der Waals surface area contributed by atoms with Gasteiger partial charge in [-0.3, -0.25) is 0 Å². The Morgan fingerprint density at radius 3 is 1.21 bits per heavy atom. The van der Waals surface area contributed by atoms with Gasteiger partial charge in [-0.2, -0.15) is 0 Å². The molecule has 2 aromatic heterocycles. The Kier molecular flexibility index (Phi) is 7.17. The van der Waals surface area contributed by atoms with Gasteiger partial charge in [-0.25, -0.2) is 9.97 Å². The van der Waals surface area contributed by atoms with Gasteiger partial charge in [0.2, 0.25) is 0 Å². The first-order valence-electron chi connectivity index (χ1n) is 14.6. The summed E-state index contributed by atoms with van der Waals surface area (Å²) in [6.07, 6.45) is 0. The first-order valence-corrected chi connectivity index (χ1v) is 14.6. The Morgan fingerprint density at radius 1 is 0.279 bits per heavy atom. The van der Waals surface area contributed by atoms with Gasteiger partial charge in [0.05, 0.1) is 22.8 Å². The van der Waals surface area contributed by atoms with Crippen LogP contribution in [0.1, 0.15) is 5.56 Å². The van der Waals surface area contributed by atoms with Crippen LogP contribution in [0.2, 0.25) is 0 Å². The highest BCUT2D eigenvalue weighted by Crippen LogP contribution is 2.34. The van der Waals surface area contributed by atoms with Gasteiger partial charge in [-0.05, 0) is 70.6 Å². The summed E-state index contributed by atoms with van der Waals surface area (Å²) >= 11 is 0. The smallest absolute Gasteiger partial charge is 0.0900 e. The Bertz CT molecular complexity index is 1940. The standard InChI is InChI=1S/C41H30N2/c1-29-20-22-32(23-21-29)34-18-11-19-35(24-34)39-26-37(31-14-7-3-8-15-31)28-41(43-39)40-27-36(30-12-5-2-6-13-30)25-38(42-40)33-16-9-4-10-17-33/h2-28H,1H3. The van der Waals surface area contributed by atoms with Crippen LogP contribution in [-0.2, 0) is 0 Å². The Balaban J connectivity index is 1.42. The van der Waals surface area contributed by atoms with E-state index in [1.807, 2.05) is 12.1 Å². The molecule has 0 spiro atoms. The second kappa shape index (κ2) is 11.7. The molecule has 2 heteroatoms. The third-order valence-electron chi connectivity index (χ3n) is 7.74. The maximum absolute atomic E-state index is 5.26. The van der Waals surface area contributed by atoms with Crippen molar-refractivity contribution in [2.45, 2.75) is 6.92 Å². The van der Waals surface area contributed by atoms with E-state index in [0.29, 0.717) is 0 Å². The minimum atomic E-state index is 0.840. The molecule has 0 saturated carbocycles. The summed E-state index contributed by atoms with van der Waals surface area (Å²) in [7, 11) is 0. The van der Waals surface area contributed by atoms with E-state index >= 15 is 0 Å². The number of rotatable bonds is 6. The second-order valence-electron chi connectivity index (χ2n) is 10.8. The molecule has 0 atom stereocenters. The quantitative estimate of drug-likeness (QED) is 0.206. The zero-order valence-electron chi connectivity index (χ0n) is 24.0. The van der Waals surface area contributed by atoms with Crippen molar-refractivity contribution in [2.24, 2.45) is 0 Å². The second-order valence-corrected chi connectivity index (χ2v) is 10.8. The maximum atomic E-state index is 5.26. The van der Waals surface area contributed by atoms with Gasteiger partial charge in [-0.15, -0.1) is 0 Å². The summed E-state index contributed by atoms with van der Waals surface area (Å²) in [6.45, 7) is 2.12. The molecule has 0 radical (unpaired) electrons. The first kappa shape index (κ1) is 26.3. The van der Waals surface area contributed by atoms with Crippen LogP contribution in [0.3, 0.4) is 0 Å². The summed E-state index contributed by atoms with van der Waals surface area (Å²) in [5.41, 5.74) is 13.8. The van der Waals surface area contributed by atoms with Crippen LogP contribution in [0.15, 0.2) is 164 Å². The number of aryl methyl sites for hydroxylation is 1. The summed E-state index contributed by atoms with van der Waals surface area (Å²) in [5, 5.41) is 0. The van der Waals surface area contributed by atoms with Crippen molar-refractivity contribution >= 4 is 0 Å². The summed E-state index contributed by atoms with van der Waals surface area (Å²) in [5.74, 6) is 0. The first-order chi connectivity index (χ1) is 21.2. The summed E-state index contributed by atoms with van der Waals surface area (Å²) in [4.78, 5) is 10.4. The van der Waals surface area contributed by atoms with E-state index in [4.69, 9.17) is 9.97 Å². The van der Waals surface area contributed by atoms with Crippen molar-refractivity contribution in [1.29, 1.82) is 0 Å². The van der Waals surface area contributed by atoms with Gasteiger partial charge in [0, 0.05) is 11.1 Å².